The molecule has 0 atom stereocenters. The van der Waals surface area contributed by atoms with E-state index in [1.165, 1.54) is 4.88 Å². The van der Waals surface area contributed by atoms with Gasteiger partial charge in [-0.1, -0.05) is 30.8 Å². The summed E-state index contributed by atoms with van der Waals surface area (Å²) in [6.07, 6.45) is 1.00. The average molecular weight is 366 g/mol. The van der Waals surface area contributed by atoms with Gasteiger partial charge >= 0.3 is 0 Å². The van der Waals surface area contributed by atoms with Crippen molar-refractivity contribution in [2.75, 3.05) is 5.73 Å². The molecule has 0 aliphatic carbocycles. The molecule has 3 nitrogen and oxygen atoms in total. The maximum atomic E-state index is 5.83. The Morgan fingerprint density at radius 3 is 2.85 bits per heavy atom. The summed E-state index contributed by atoms with van der Waals surface area (Å²) in [7, 11) is 0. The molecule has 0 aliphatic rings. The second-order valence-electron chi connectivity index (χ2n) is 4.20. The summed E-state index contributed by atoms with van der Waals surface area (Å²) >= 11 is 6.86. The van der Waals surface area contributed by atoms with E-state index in [1.807, 2.05) is 18.2 Å². The second-order valence-corrected chi connectivity index (χ2v) is 7.20. The monoisotopic (exact) mass is 365 g/mol. The minimum Gasteiger partial charge on any atom is -0.368 e. The molecule has 1 aromatic carbocycles. The summed E-state index contributed by atoms with van der Waals surface area (Å²) in [4.78, 5) is 12.1. The highest BCUT2D eigenvalue weighted by atomic mass is 79.9. The summed E-state index contributed by atoms with van der Waals surface area (Å²) in [6, 6.07) is 10.3. The van der Waals surface area contributed by atoms with E-state index in [9.17, 15) is 0 Å². The third kappa shape index (κ3) is 2.68. The molecule has 0 aliphatic heterocycles. The molecule has 2 N–H and O–H groups in total. The summed E-state index contributed by atoms with van der Waals surface area (Å²) in [6.45, 7) is 2.14. The molecule has 0 unspecified atom stereocenters. The zero-order valence-electron chi connectivity index (χ0n) is 10.8. The smallest absolute Gasteiger partial charge is 0.222 e. The lowest BCUT2D eigenvalue weighted by Crippen LogP contribution is -1.95. The number of aryl methyl sites for hydroxylation is 1. The van der Waals surface area contributed by atoms with Gasteiger partial charge in [-0.15, -0.1) is 11.3 Å². The molecular weight excluding hydrogens is 354 g/mol. The maximum absolute atomic E-state index is 5.83. The third-order valence-electron chi connectivity index (χ3n) is 2.82. The first-order chi connectivity index (χ1) is 9.67. The molecule has 0 saturated carbocycles. The highest BCUT2D eigenvalue weighted by molar-refractivity contribution is 9.10. The summed E-state index contributed by atoms with van der Waals surface area (Å²) in [5.41, 5.74) is 5.83. The molecule has 102 valence electrons. The summed E-state index contributed by atoms with van der Waals surface area (Å²) < 4.78 is 1.06. The topological polar surface area (TPSA) is 51.8 Å². The first-order valence-electron chi connectivity index (χ1n) is 6.15. The van der Waals surface area contributed by atoms with Crippen LogP contribution in [0.5, 0.6) is 0 Å². The van der Waals surface area contributed by atoms with Crippen LogP contribution < -0.4 is 5.73 Å². The number of hydrogen-bond donors (Lipinski definition) is 1. The van der Waals surface area contributed by atoms with Crippen LogP contribution in [0, 0.1) is 0 Å². The van der Waals surface area contributed by atoms with E-state index in [2.05, 4.69) is 45.0 Å². The number of anilines is 1. The number of aromatic nitrogens is 2. The van der Waals surface area contributed by atoms with Crippen LogP contribution in [-0.4, -0.2) is 9.97 Å². The summed E-state index contributed by atoms with van der Waals surface area (Å²) in [5.74, 6) is 0.330. The molecule has 6 heteroatoms. The predicted molar refractivity (Wildman–Crippen MR) is 89.5 cm³/mol. The van der Waals surface area contributed by atoms with Crippen molar-refractivity contribution >= 4 is 55.2 Å². The number of hydrogen-bond acceptors (Lipinski definition) is 5. The zero-order chi connectivity index (χ0) is 14.1. The Bertz CT molecular complexity index is 770. The van der Waals surface area contributed by atoms with Crippen LogP contribution in [0.25, 0.3) is 10.2 Å². The minimum atomic E-state index is 0.330. The van der Waals surface area contributed by atoms with Crippen molar-refractivity contribution in [3.63, 3.8) is 0 Å². The van der Waals surface area contributed by atoms with E-state index in [0.717, 1.165) is 31.0 Å². The van der Waals surface area contributed by atoms with E-state index in [4.69, 9.17) is 5.73 Å². The van der Waals surface area contributed by atoms with Crippen molar-refractivity contribution in [3.05, 3.63) is 39.7 Å². The largest absolute Gasteiger partial charge is 0.368 e. The highest BCUT2D eigenvalue weighted by Crippen LogP contribution is 2.38. The van der Waals surface area contributed by atoms with Gasteiger partial charge in [0, 0.05) is 19.6 Å². The van der Waals surface area contributed by atoms with E-state index >= 15 is 0 Å². The van der Waals surface area contributed by atoms with E-state index in [1.54, 1.807) is 23.1 Å². The Hall–Kier alpha value is -1.11. The molecule has 20 heavy (non-hydrogen) atoms. The Balaban J connectivity index is 2.11. The first-order valence-corrected chi connectivity index (χ1v) is 8.58. The number of rotatable bonds is 3. The Morgan fingerprint density at radius 1 is 1.30 bits per heavy atom. The normalized spacial score (nSPS) is 11.1. The van der Waals surface area contributed by atoms with Crippen molar-refractivity contribution in [2.24, 2.45) is 0 Å². The van der Waals surface area contributed by atoms with E-state index in [-0.39, 0.29) is 0 Å². The fourth-order valence-corrected chi connectivity index (χ4v) is 4.34. The fourth-order valence-electron chi connectivity index (χ4n) is 1.84. The van der Waals surface area contributed by atoms with Gasteiger partial charge < -0.3 is 5.73 Å². The first kappa shape index (κ1) is 13.9. The SMILES string of the molecule is CCc1cc2c(Sc3ccccc3Br)nc(N)nc2s1. The van der Waals surface area contributed by atoms with Crippen LogP contribution in [0.1, 0.15) is 11.8 Å². The Labute approximate surface area is 133 Å². The van der Waals surface area contributed by atoms with Gasteiger partial charge in [0.1, 0.15) is 9.86 Å². The molecule has 0 saturated heterocycles. The number of halogens is 1. The number of benzene rings is 1. The van der Waals surface area contributed by atoms with Crippen LogP contribution in [0.3, 0.4) is 0 Å². The molecule has 0 spiro atoms. The number of thiophene rings is 1. The van der Waals surface area contributed by atoms with Crippen LogP contribution in [0.2, 0.25) is 0 Å². The highest BCUT2D eigenvalue weighted by Gasteiger charge is 2.12. The van der Waals surface area contributed by atoms with Gasteiger partial charge in [-0.25, -0.2) is 9.97 Å². The molecule has 0 fully saturated rings. The second kappa shape index (κ2) is 5.71. The quantitative estimate of drug-likeness (QED) is 0.680. The van der Waals surface area contributed by atoms with Crippen molar-refractivity contribution in [3.8, 4) is 0 Å². The zero-order valence-corrected chi connectivity index (χ0v) is 14.0. The van der Waals surface area contributed by atoms with Gasteiger partial charge in [-0.2, -0.15) is 0 Å². The van der Waals surface area contributed by atoms with E-state index in [0.29, 0.717) is 5.95 Å². The third-order valence-corrected chi connectivity index (χ3v) is 6.03. The molecule has 2 aromatic heterocycles. The number of nitrogens with two attached hydrogens (primary N) is 1. The average Bonchev–Trinajstić information content (AvgIpc) is 2.84. The number of nitrogen functional groups attached to an aromatic ring is 1. The van der Waals surface area contributed by atoms with E-state index < -0.39 is 0 Å². The lowest BCUT2D eigenvalue weighted by atomic mass is 10.3. The number of nitrogens with zero attached hydrogens (tertiary/aromatic N) is 2. The van der Waals surface area contributed by atoms with Crippen molar-refractivity contribution < 1.29 is 0 Å². The lowest BCUT2D eigenvalue weighted by molar-refractivity contribution is 1.12. The standard InChI is InChI=1S/C14H12BrN3S2/c1-2-8-7-9-12(19-8)17-14(16)18-13(9)20-11-6-4-3-5-10(11)15/h3-7H,2H2,1H3,(H2,16,17,18). The van der Waals surface area contributed by atoms with Gasteiger partial charge in [-0.05, 0) is 40.5 Å². The van der Waals surface area contributed by atoms with Gasteiger partial charge in [0.25, 0.3) is 0 Å². The molecule has 3 rings (SSSR count). The lowest BCUT2D eigenvalue weighted by Gasteiger charge is -2.05. The Morgan fingerprint density at radius 2 is 2.10 bits per heavy atom. The van der Waals surface area contributed by atoms with Crippen molar-refractivity contribution in [1.29, 1.82) is 0 Å². The van der Waals surface area contributed by atoms with Gasteiger partial charge in [0.05, 0.1) is 0 Å². The molecule has 0 radical (unpaired) electrons. The molecular formula is C14H12BrN3S2. The van der Waals surface area contributed by atoms with Gasteiger partial charge in [0.2, 0.25) is 5.95 Å². The molecule has 0 bridgehead atoms. The van der Waals surface area contributed by atoms with Crippen LogP contribution >= 0.6 is 39.0 Å². The van der Waals surface area contributed by atoms with Gasteiger partial charge in [-0.3, -0.25) is 0 Å². The number of fused-ring (bicyclic) bond motifs is 1. The maximum Gasteiger partial charge on any atom is 0.222 e. The fraction of sp³-hybridized carbons (Fsp3) is 0.143. The molecule has 0 amide bonds. The van der Waals surface area contributed by atoms with Crippen LogP contribution in [0.15, 0.2) is 44.7 Å². The van der Waals surface area contributed by atoms with Crippen LogP contribution in [-0.2, 0) is 6.42 Å². The minimum absolute atomic E-state index is 0.330. The molecule has 3 aromatic rings. The van der Waals surface area contributed by atoms with Crippen molar-refractivity contribution in [2.45, 2.75) is 23.3 Å². The Kier molecular flexibility index (Phi) is 3.96. The van der Waals surface area contributed by atoms with Crippen LogP contribution in [0.4, 0.5) is 5.95 Å². The predicted octanol–water partition coefficient (Wildman–Crippen LogP) is 4.75. The van der Waals surface area contributed by atoms with Gasteiger partial charge in [0.15, 0.2) is 0 Å². The van der Waals surface area contributed by atoms with Crippen molar-refractivity contribution in [1.82, 2.24) is 9.97 Å². The molecule has 2 heterocycles. The summed E-state index contributed by atoms with van der Waals surface area (Å²) in [5, 5.41) is 2.00.